The van der Waals surface area contributed by atoms with Gasteiger partial charge in [0, 0.05) is 12.1 Å². The van der Waals surface area contributed by atoms with Crippen LogP contribution in [0.15, 0.2) is 41.3 Å². The van der Waals surface area contributed by atoms with Crippen LogP contribution in [-0.2, 0) is 20.8 Å². The molecule has 2 aromatic rings. The number of rotatable bonds is 3. The van der Waals surface area contributed by atoms with Crippen LogP contribution in [-0.4, -0.2) is 48.5 Å². The van der Waals surface area contributed by atoms with Crippen molar-refractivity contribution < 1.29 is 36.2 Å². The smallest absolute Gasteiger partial charge is 0.417 e. The van der Waals surface area contributed by atoms with E-state index in [1.807, 2.05) is 0 Å². The van der Waals surface area contributed by atoms with E-state index in [4.69, 9.17) is 22.2 Å². The normalized spacial score (nSPS) is 22.2. The van der Waals surface area contributed by atoms with E-state index in [1.165, 1.54) is 35.2 Å². The maximum absolute atomic E-state index is 13.7. The zero-order valence-electron chi connectivity index (χ0n) is 19.2. The van der Waals surface area contributed by atoms with Gasteiger partial charge in [-0.3, -0.25) is 9.69 Å². The summed E-state index contributed by atoms with van der Waals surface area (Å²) in [4.78, 5) is 16.1. The van der Waals surface area contributed by atoms with E-state index in [0.29, 0.717) is 24.9 Å². The van der Waals surface area contributed by atoms with Crippen LogP contribution in [0.4, 0.5) is 24.5 Å². The molecule has 1 spiro atoms. The number of nitrogens with zero attached hydrogens (tertiary/aromatic N) is 3. The number of thiocarbonyl (C=S) groups is 1. The van der Waals surface area contributed by atoms with Gasteiger partial charge in [0.2, 0.25) is 0 Å². The van der Waals surface area contributed by atoms with E-state index in [2.05, 4.69) is 0 Å². The van der Waals surface area contributed by atoms with Crippen LogP contribution in [0.1, 0.15) is 36.8 Å². The molecule has 37 heavy (non-hydrogen) atoms. The SMILES string of the molecule is N#Cc1ccc(N2C(=O)C3(CCC3)N(c3ccc4c(c3)S(=O)(=O)CC[C@H](CO)O4)C2=S)cc1C(F)(F)F. The van der Waals surface area contributed by atoms with Crippen molar-refractivity contribution in [3.8, 4) is 11.8 Å². The summed E-state index contributed by atoms with van der Waals surface area (Å²) in [5.41, 5.74) is -2.78. The van der Waals surface area contributed by atoms with Crippen LogP contribution < -0.4 is 14.5 Å². The van der Waals surface area contributed by atoms with Gasteiger partial charge in [0.05, 0.1) is 35.2 Å². The second-order valence-corrected chi connectivity index (χ2v) is 11.6. The first kappa shape index (κ1) is 25.4. The Balaban J connectivity index is 1.61. The van der Waals surface area contributed by atoms with Gasteiger partial charge in [-0.2, -0.15) is 18.4 Å². The minimum absolute atomic E-state index is 0.0677. The number of amides is 1. The van der Waals surface area contributed by atoms with Gasteiger partial charge in [0.25, 0.3) is 5.91 Å². The molecular formula is C24H20F3N3O5S2. The van der Waals surface area contributed by atoms with Crippen LogP contribution in [0.5, 0.6) is 5.75 Å². The van der Waals surface area contributed by atoms with Crippen molar-refractivity contribution >= 4 is 44.4 Å². The number of aliphatic hydroxyl groups is 1. The second-order valence-electron chi connectivity index (χ2n) is 9.14. The zero-order chi connectivity index (χ0) is 26.8. The van der Waals surface area contributed by atoms with E-state index < -0.39 is 44.7 Å². The van der Waals surface area contributed by atoms with Gasteiger partial charge in [-0.05, 0) is 67.9 Å². The molecule has 13 heteroatoms. The first-order chi connectivity index (χ1) is 17.4. The Bertz CT molecular complexity index is 1460. The third-order valence-electron chi connectivity index (χ3n) is 7.01. The third-order valence-corrected chi connectivity index (χ3v) is 9.13. The van der Waals surface area contributed by atoms with E-state index in [-0.39, 0.29) is 40.2 Å². The van der Waals surface area contributed by atoms with E-state index in [1.54, 1.807) is 0 Å². The van der Waals surface area contributed by atoms with Gasteiger partial charge in [-0.25, -0.2) is 8.42 Å². The molecule has 5 rings (SSSR count). The molecule has 0 aromatic heterocycles. The number of ether oxygens (including phenoxy) is 1. The number of carbonyl (C=O) groups excluding carboxylic acids is 1. The molecule has 0 bridgehead atoms. The molecule has 1 N–H and O–H groups in total. The highest BCUT2D eigenvalue weighted by Gasteiger charge is 2.60. The summed E-state index contributed by atoms with van der Waals surface area (Å²) in [6.07, 6.45) is -4.00. The molecule has 0 unspecified atom stereocenters. The standard InChI is InChI=1S/C24H20F3N3O5S2/c25-24(26,27)18-10-15(3-2-14(18)12-28)29-21(32)23(7-1-8-23)30(22(29)36)16-4-5-19-20(11-16)37(33,34)9-6-17(13-31)35-19/h2-5,10-11,17,31H,1,6-9,13H2/t17-/m1/s1. The second kappa shape index (κ2) is 8.68. The Labute approximate surface area is 215 Å². The first-order valence-corrected chi connectivity index (χ1v) is 13.4. The molecule has 0 radical (unpaired) electrons. The molecule has 2 aliphatic heterocycles. The number of hydrogen-bond donors (Lipinski definition) is 1. The van der Waals surface area contributed by atoms with Crippen molar-refractivity contribution in [2.45, 2.75) is 48.4 Å². The zero-order valence-corrected chi connectivity index (χ0v) is 20.8. The van der Waals surface area contributed by atoms with Gasteiger partial charge < -0.3 is 14.7 Å². The van der Waals surface area contributed by atoms with E-state index in [0.717, 1.165) is 17.0 Å². The summed E-state index contributed by atoms with van der Waals surface area (Å²) < 4.78 is 72.4. The topological polar surface area (TPSA) is 111 Å². The minimum atomic E-state index is -4.82. The van der Waals surface area contributed by atoms with Crippen molar-refractivity contribution in [1.82, 2.24) is 0 Å². The lowest BCUT2D eigenvalue weighted by atomic mass is 9.75. The number of halogens is 3. The molecule has 1 amide bonds. The average Bonchev–Trinajstić information content (AvgIpc) is 2.98. The maximum atomic E-state index is 13.7. The minimum Gasteiger partial charge on any atom is -0.487 e. The highest BCUT2D eigenvalue weighted by atomic mass is 32.2. The van der Waals surface area contributed by atoms with E-state index >= 15 is 0 Å². The summed E-state index contributed by atoms with van der Waals surface area (Å²) in [6.45, 7) is -0.357. The lowest BCUT2D eigenvalue weighted by Gasteiger charge is -2.43. The average molecular weight is 552 g/mol. The molecule has 1 saturated heterocycles. The highest BCUT2D eigenvalue weighted by molar-refractivity contribution is 7.91. The van der Waals surface area contributed by atoms with E-state index in [9.17, 15) is 31.5 Å². The number of aliphatic hydroxyl groups excluding tert-OH is 1. The predicted octanol–water partition coefficient (Wildman–Crippen LogP) is 3.55. The molecule has 194 valence electrons. The number of hydrogen-bond acceptors (Lipinski definition) is 7. The Morgan fingerprint density at radius 3 is 2.49 bits per heavy atom. The highest BCUT2D eigenvalue weighted by Crippen LogP contribution is 2.49. The maximum Gasteiger partial charge on any atom is 0.417 e. The fraction of sp³-hybridized carbons (Fsp3) is 0.375. The lowest BCUT2D eigenvalue weighted by Crippen LogP contribution is -2.55. The largest absolute Gasteiger partial charge is 0.487 e. The van der Waals surface area contributed by atoms with Crippen molar-refractivity contribution in [1.29, 1.82) is 5.26 Å². The van der Waals surface area contributed by atoms with Crippen LogP contribution in [0.2, 0.25) is 0 Å². The Morgan fingerprint density at radius 2 is 1.89 bits per heavy atom. The fourth-order valence-corrected chi connectivity index (χ4v) is 6.94. The van der Waals surface area contributed by atoms with Gasteiger partial charge in [-0.1, -0.05) is 0 Å². The summed E-state index contributed by atoms with van der Waals surface area (Å²) in [6, 6.07) is 8.79. The summed E-state index contributed by atoms with van der Waals surface area (Å²) in [5, 5.41) is 18.5. The number of carbonyl (C=O) groups is 1. The third kappa shape index (κ3) is 3.94. The van der Waals surface area contributed by atoms with Crippen molar-refractivity contribution in [2.24, 2.45) is 0 Å². The van der Waals surface area contributed by atoms with Crippen LogP contribution in [0, 0.1) is 11.3 Å². The number of sulfone groups is 1. The molecule has 8 nitrogen and oxygen atoms in total. The van der Waals surface area contributed by atoms with Crippen molar-refractivity contribution in [3.63, 3.8) is 0 Å². The summed E-state index contributed by atoms with van der Waals surface area (Å²) in [7, 11) is -3.79. The Hall–Kier alpha value is -3.21. The number of fused-ring (bicyclic) bond motifs is 1. The predicted molar refractivity (Wildman–Crippen MR) is 130 cm³/mol. The first-order valence-electron chi connectivity index (χ1n) is 11.4. The Kier molecular flexibility index (Phi) is 5.97. The summed E-state index contributed by atoms with van der Waals surface area (Å²) in [5.74, 6) is -0.699. The van der Waals surface area contributed by atoms with Gasteiger partial charge >= 0.3 is 6.18 Å². The van der Waals surface area contributed by atoms with Gasteiger partial charge in [0.15, 0.2) is 14.9 Å². The number of benzene rings is 2. The number of alkyl halides is 3. The van der Waals surface area contributed by atoms with Crippen molar-refractivity contribution in [2.75, 3.05) is 22.2 Å². The summed E-state index contributed by atoms with van der Waals surface area (Å²) >= 11 is 5.60. The molecular weight excluding hydrogens is 531 g/mol. The molecule has 2 fully saturated rings. The molecule has 2 heterocycles. The van der Waals surface area contributed by atoms with Crippen molar-refractivity contribution in [3.05, 3.63) is 47.5 Å². The number of nitriles is 1. The monoisotopic (exact) mass is 551 g/mol. The molecule has 1 saturated carbocycles. The molecule has 3 aliphatic rings. The molecule has 1 atom stereocenters. The fourth-order valence-electron chi connectivity index (χ4n) is 4.95. The van der Waals surface area contributed by atoms with Gasteiger partial charge in [-0.15, -0.1) is 0 Å². The number of anilines is 2. The quantitative estimate of drug-likeness (QED) is 0.577. The lowest BCUT2D eigenvalue weighted by molar-refractivity contribution is -0.137. The molecule has 1 aliphatic carbocycles. The molecule has 2 aromatic carbocycles. The van der Waals surface area contributed by atoms with Crippen LogP contribution in [0.25, 0.3) is 0 Å². The Morgan fingerprint density at radius 1 is 1.19 bits per heavy atom. The van der Waals surface area contributed by atoms with Crippen LogP contribution >= 0.6 is 12.2 Å². The van der Waals surface area contributed by atoms with Crippen LogP contribution in [0.3, 0.4) is 0 Å². The van der Waals surface area contributed by atoms with Gasteiger partial charge in [0.1, 0.15) is 22.3 Å².